The Hall–Kier alpha value is -1.06. The van der Waals surface area contributed by atoms with Gasteiger partial charge in [0.15, 0.2) is 6.10 Å². The van der Waals surface area contributed by atoms with Gasteiger partial charge in [-0.05, 0) is 19.3 Å². The van der Waals surface area contributed by atoms with Crippen LogP contribution in [0.1, 0.15) is 34.1 Å². The molecule has 0 aliphatic carbocycles. The number of esters is 1. The lowest BCUT2D eigenvalue weighted by Crippen LogP contribution is -2.27. The van der Waals surface area contributed by atoms with Crippen molar-refractivity contribution in [3.05, 3.63) is 0 Å². The van der Waals surface area contributed by atoms with E-state index in [0.717, 1.165) is 0 Å². The van der Waals surface area contributed by atoms with Crippen LogP contribution >= 0.6 is 0 Å². The summed E-state index contributed by atoms with van der Waals surface area (Å²) in [5, 5.41) is 8.52. The van der Waals surface area contributed by atoms with Crippen LogP contribution in [-0.2, 0) is 14.3 Å². The lowest BCUT2D eigenvalue weighted by atomic mass is 9.99. The van der Waals surface area contributed by atoms with E-state index in [1.165, 1.54) is 6.92 Å². The predicted molar refractivity (Wildman–Crippen MR) is 51.8 cm³/mol. The zero-order chi connectivity index (χ0) is 11.3. The van der Waals surface area contributed by atoms with Crippen molar-refractivity contribution in [2.75, 3.05) is 0 Å². The summed E-state index contributed by atoms with van der Waals surface area (Å²) in [6, 6.07) is 0. The molecule has 14 heavy (non-hydrogen) atoms. The van der Waals surface area contributed by atoms with Gasteiger partial charge in [0.05, 0.1) is 5.92 Å². The largest absolute Gasteiger partial charge is 0.479 e. The number of carboxylic acids is 1. The van der Waals surface area contributed by atoms with Crippen LogP contribution in [0.25, 0.3) is 0 Å². The highest BCUT2D eigenvalue weighted by Crippen LogP contribution is 2.13. The maximum Gasteiger partial charge on any atom is 0.344 e. The number of hydrogen-bond donors (Lipinski definition) is 1. The molecule has 0 aliphatic heterocycles. The van der Waals surface area contributed by atoms with Crippen molar-refractivity contribution in [3.63, 3.8) is 0 Å². The first-order chi connectivity index (χ1) is 6.34. The van der Waals surface area contributed by atoms with Crippen molar-refractivity contribution in [1.29, 1.82) is 0 Å². The molecule has 0 aromatic carbocycles. The van der Waals surface area contributed by atoms with Gasteiger partial charge in [-0.15, -0.1) is 0 Å². The van der Waals surface area contributed by atoms with Crippen molar-refractivity contribution < 1.29 is 19.4 Å². The number of carboxylic acid groups (broad SMARTS) is 1. The SMILES string of the molecule is CC(C)C[C@H](C)C(=O)O[C@@H](C)C(=O)O. The van der Waals surface area contributed by atoms with E-state index in [1.807, 2.05) is 13.8 Å². The van der Waals surface area contributed by atoms with Crippen LogP contribution in [0.4, 0.5) is 0 Å². The lowest BCUT2D eigenvalue weighted by Gasteiger charge is -2.15. The summed E-state index contributed by atoms with van der Waals surface area (Å²) in [5.41, 5.74) is 0. The summed E-state index contributed by atoms with van der Waals surface area (Å²) < 4.78 is 4.74. The zero-order valence-corrected chi connectivity index (χ0v) is 9.11. The molecule has 0 aliphatic rings. The van der Waals surface area contributed by atoms with Crippen molar-refractivity contribution >= 4 is 11.9 Å². The molecule has 0 aromatic rings. The van der Waals surface area contributed by atoms with Gasteiger partial charge in [0, 0.05) is 0 Å². The summed E-state index contributed by atoms with van der Waals surface area (Å²) >= 11 is 0. The molecule has 0 radical (unpaired) electrons. The number of rotatable bonds is 5. The van der Waals surface area contributed by atoms with Crippen LogP contribution in [-0.4, -0.2) is 23.1 Å². The van der Waals surface area contributed by atoms with Crippen LogP contribution in [0.5, 0.6) is 0 Å². The first kappa shape index (κ1) is 12.9. The molecular weight excluding hydrogens is 184 g/mol. The van der Waals surface area contributed by atoms with E-state index < -0.39 is 18.0 Å². The zero-order valence-electron chi connectivity index (χ0n) is 9.11. The number of ether oxygens (including phenoxy) is 1. The summed E-state index contributed by atoms with van der Waals surface area (Å²) in [6.07, 6.45) is -0.345. The minimum atomic E-state index is -1.12. The standard InChI is InChI=1S/C10H18O4/c1-6(2)5-7(3)10(13)14-8(4)9(11)12/h6-8H,5H2,1-4H3,(H,11,12)/t7-,8-/m0/s1. The summed E-state index contributed by atoms with van der Waals surface area (Å²) in [6.45, 7) is 7.11. The fourth-order valence-corrected chi connectivity index (χ4v) is 1.14. The average molecular weight is 202 g/mol. The number of carbonyl (C=O) groups excluding carboxylic acids is 1. The van der Waals surface area contributed by atoms with Gasteiger partial charge in [-0.2, -0.15) is 0 Å². The molecule has 0 amide bonds. The van der Waals surface area contributed by atoms with E-state index in [0.29, 0.717) is 12.3 Å². The molecule has 0 spiro atoms. The molecule has 0 heterocycles. The highest BCUT2D eigenvalue weighted by atomic mass is 16.6. The highest BCUT2D eigenvalue weighted by Gasteiger charge is 2.21. The Bertz CT molecular complexity index is 210. The molecule has 2 atom stereocenters. The van der Waals surface area contributed by atoms with Crippen LogP contribution in [0.3, 0.4) is 0 Å². The Kier molecular flexibility index (Phi) is 5.20. The van der Waals surface area contributed by atoms with Crippen LogP contribution in [0, 0.1) is 11.8 Å². The van der Waals surface area contributed by atoms with Gasteiger partial charge in [0.25, 0.3) is 0 Å². The second kappa shape index (κ2) is 5.62. The molecule has 1 N–H and O–H groups in total. The Morgan fingerprint density at radius 1 is 1.21 bits per heavy atom. The monoisotopic (exact) mass is 202 g/mol. The number of carbonyl (C=O) groups is 2. The van der Waals surface area contributed by atoms with E-state index >= 15 is 0 Å². The molecule has 0 unspecified atom stereocenters. The van der Waals surface area contributed by atoms with Crippen molar-refractivity contribution in [3.8, 4) is 0 Å². The molecule has 4 nitrogen and oxygen atoms in total. The number of hydrogen-bond acceptors (Lipinski definition) is 3. The van der Waals surface area contributed by atoms with Crippen molar-refractivity contribution in [2.24, 2.45) is 11.8 Å². The van der Waals surface area contributed by atoms with Gasteiger partial charge in [-0.25, -0.2) is 4.79 Å². The third-order valence-electron chi connectivity index (χ3n) is 1.87. The topological polar surface area (TPSA) is 63.6 Å². The lowest BCUT2D eigenvalue weighted by molar-refractivity contribution is -0.165. The summed E-state index contributed by atoms with van der Waals surface area (Å²) in [5.74, 6) is -1.39. The van der Waals surface area contributed by atoms with Gasteiger partial charge in [0.1, 0.15) is 0 Å². The van der Waals surface area contributed by atoms with E-state index in [1.54, 1.807) is 6.92 Å². The van der Waals surface area contributed by atoms with E-state index in [-0.39, 0.29) is 5.92 Å². The second-order valence-electron chi connectivity index (χ2n) is 3.95. The maximum absolute atomic E-state index is 11.3. The molecular formula is C10H18O4. The minimum Gasteiger partial charge on any atom is -0.479 e. The van der Waals surface area contributed by atoms with Crippen LogP contribution < -0.4 is 0 Å². The molecule has 4 heteroatoms. The second-order valence-corrected chi connectivity index (χ2v) is 3.95. The third kappa shape index (κ3) is 4.84. The van der Waals surface area contributed by atoms with Crippen molar-refractivity contribution in [2.45, 2.75) is 40.2 Å². The van der Waals surface area contributed by atoms with Crippen LogP contribution in [0.15, 0.2) is 0 Å². The van der Waals surface area contributed by atoms with Gasteiger partial charge >= 0.3 is 11.9 Å². The normalized spacial score (nSPS) is 14.9. The fourth-order valence-electron chi connectivity index (χ4n) is 1.14. The Labute approximate surface area is 84.3 Å². The molecule has 0 rings (SSSR count). The average Bonchev–Trinajstić information content (AvgIpc) is 2.02. The van der Waals surface area contributed by atoms with Crippen LogP contribution in [0.2, 0.25) is 0 Å². The predicted octanol–water partition coefficient (Wildman–Crippen LogP) is 1.68. The Morgan fingerprint density at radius 2 is 1.71 bits per heavy atom. The molecule has 0 fully saturated rings. The van der Waals surface area contributed by atoms with E-state index in [4.69, 9.17) is 9.84 Å². The minimum absolute atomic E-state index is 0.239. The first-order valence-corrected chi connectivity index (χ1v) is 4.77. The van der Waals surface area contributed by atoms with Gasteiger partial charge in [0.2, 0.25) is 0 Å². The number of aliphatic carboxylic acids is 1. The molecule has 82 valence electrons. The molecule has 0 bridgehead atoms. The fraction of sp³-hybridized carbons (Fsp3) is 0.800. The molecule has 0 saturated carbocycles. The van der Waals surface area contributed by atoms with Gasteiger partial charge in [-0.3, -0.25) is 4.79 Å². The Morgan fingerprint density at radius 3 is 2.07 bits per heavy atom. The Balaban J connectivity index is 4.01. The van der Waals surface area contributed by atoms with E-state index in [2.05, 4.69) is 0 Å². The quantitative estimate of drug-likeness (QED) is 0.689. The maximum atomic E-state index is 11.3. The smallest absolute Gasteiger partial charge is 0.344 e. The third-order valence-corrected chi connectivity index (χ3v) is 1.87. The van der Waals surface area contributed by atoms with Gasteiger partial charge in [-0.1, -0.05) is 20.8 Å². The highest BCUT2D eigenvalue weighted by molar-refractivity contribution is 5.78. The van der Waals surface area contributed by atoms with Gasteiger partial charge < -0.3 is 9.84 Å². The molecule has 0 aromatic heterocycles. The summed E-state index contributed by atoms with van der Waals surface area (Å²) in [4.78, 5) is 21.7. The van der Waals surface area contributed by atoms with Crippen molar-refractivity contribution in [1.82, 2.24) is 0 Å². The first-order valence-electron chi connectivity index (χ1n) is 4.77. The summed E-state index contributed by atoms with van der Waals surface area (Å²) in [7, 11) is 0. The molecule has 0 saturated heterocycles. The van der Waals surface area contributed by atoms with E-state index in [9.17, 15) is 9.59 Å².